The summed E-state index contributed by atoms with van der Waals surface area (Å²) in [7, 11) is 0. The monoisotopic (exact) mass is 292 g/mol. The molecule has 3 rings (SSSR count). The van der Waals surface area contributed by atoms with E-state index >= 15 is 0 Å². The van der Waals surface area contributed by atoms with Crippen molar-refractivity contribution in [3.8, 4) is 0 Å². The second-order valence-electron chi connectivity index (χ2n) is 4.98. The summed E-state index contributed by atoms with van der Waals surface area (Å²) >= 11 is 1.73. The van der Waals surface area contributed by atoms with Gasteiger partial charge < -0.3 is 0 Å². The van der Waals surface area contributed by atoms with E-state index in [1.54, 1.807) is 18.7 Å². The molecule has 0 bridgehead atoms. The lowest BCUT2D eigenvalue weighted by molar-refractivity contribution is -0.113. The van der Waals surface area contributed by atoms with Gasteiger partial charge in [0, 0.05) is 16.2 Å². The molecule has 1 heterocycles. The molecule has 0 unspecified atom stereocenters. The second-order valence-corrected chi connectivity index (χ2v) is 5.99. The first-order valence-corrected chi connectivity index (χ1v) is 7.93. The summed E-state index contributed by atoms with van der Waals surface area (Å²) in [6.07, 6.45) is 2.15. The number of allylic oxidation sites excluding steroid dienone is 2. The zero-order valence-corrected chi connectivity index (χ0v) is 12.7. The molecule has 0 atom stereocenters. The third-order valence-electron chi connectivity index (χ3n) is 3.54. The van der Waals surface area contributed by atoms with E-state index < -0.39 is 0 Å². The molecule has 0 saturated heterocycles. The highest BCUT2D eigenvalue weighted by Crippen LogP contribution is 2.39. The van der Waals surface area contributed by atoms with Gasteiger partial charge in [0.1, 0.15) is 0 Å². The fourth-order valence-corrected chi connectivity index (χ4v) is 3.59. The summed E-state index contributed by atoms with van der Waals surface area (Å²) in [5.41, 5.74) is 4.28. The van der Waals surface area contributed by atoms with E-state index in [0.29, 0.717) is 0 Å². The summed E-state index contributed by atoms with van der Waals surface area (Å²) in [6, 6.07) is 20.5. The topological polar surface area (TPSA) is 17.1 Å². The Labute approximate surface area is 129 Å². The normalized spacial score (nSPS) is 14.8. The maximum Gasteiger partial charge on any atom is 0.157 e. The number of hydrogen-bond acceptors (Lipinski definition) is 2. The molecule has 0 N–H and O–H groups in total. The Hall–Kier alpha value is -2.06. The first kappa shape index (κ1) is 13.9. The predicted molar refractivity (Wildman–Crippen MR) is 90.9 cm³/mol. The van der Waals surface area contributed by atoms with Crippen LogP contribution in [-0.4, -0.2) is 11.5 Å². The molecule has 1 aliphatic rings. The van der Waals surface area contributed by atoms with Gasteiger partial charge in [-0.3, -0.25) is 4.79 Å². The summed E-state index contributed by atoms with van der Waals surface area (Å²) in [4.78, 5) is 13.1. The van der Waals surface area contributed by atoms with Crippen LogP contribution in [0.2, 0.25) is 0 Å². The highest BCUT2D eigenvalue weighted by Gasteiger charge is 2.19. The zero-order chi connectivity index (χ0) is 14.7. The molecule has 2 aromatic carbocycles. The summed E-state index contributed by atoms with van der Waals surface area (Å²) in [5, 5.41) is 0. The predicted octanol–water partition coefficient (Wildman–Crippen LogP) is 4.82. The van der Waals surface area contributed by atoms with Gasteiger partial charge in [-0.05, 0) is 29.7 Å². The summed E-state index contributed by atoms with van der Waals surface area (Å²) in [6.45, 7) is 1.65. The summed E-state index contributed by atoms with van der Waals surface area (Å²) < 4.78 is 0. The lowest BCUT2D eigenvalue weighted by atomic mass is 9.97. The molecule has 0 spiro atoms. The van der Waals surface area contributed by atoms with Gasteiger partial charge in [0.05, 0.1) is 0 Å². The van der Waals surface area contributed by atoms with E-state index in [-0.39, 0.29) is 5.78 Å². The van der Waals surface area contributed by atoms with Gasteiger partial charge in [-0.2, -0.15) is 0 Å². The van der Waals surface area contributed by atoms with Crippen LogP contribution in [0.4, 0.5) is 0 Å². The van der Waals surface area contributed by atoms with Gasteiger partial charge >= 0.3 is 0 Å². The van der Waals surface area contributed by atoms with Crippen molar-refractivity contribution < 1.29 is 4.79 Å². The maximum absolute atomic E-state index is 11.9. The van der Waals surface area contributed by atoms with E-state index in [4.69, 9.17) is 0 Å². The van der Waals surface area contributed by atoms with Crippen LogP contribution in [0.15, 0.2) is 72.3 Å². The highest BCUT2D eigenvalue weighted by atomic mass is 32.2. The number of thioether (sulfide) groups is 1. The van der Waals surface area contributed by atoms with Crippen molar-refractivity contribution in [3.05, 3.63) is 83.4 Å². The van der Waals surface area contributed by atoms with E-state index in [9.17, 15) is 4.79 Å². The molecule has 0 aromatic heterocycles. The molecule has 104 valence electrons. The van der Waals surface area contributed by atoms with Gasteiger partial charge in [-0.15, -0.1) is 11.8 Å². The van der Waals surface area contributed by atoms with Crippen molar-refractivity contribution in [2.45, 2.75) is 6.92 Å². The van der Waals surface area contributed by atoms with E-state index in [1.807, 2.05) is 36.4 Å². The first-order valence-electron chi connectivity index (χ1n) is 6.95. The van der Waals surface area contributed by atoms with Gasteiger partial charge in [-0.1, -0.05) is 60.7 Å². The number of carbonyl (C=O) groups excluding carboxylic acids is 1. The number of hydrogen-bond donors (Lipinski definition) is 0. The van der Waals surface area contributed by atoms with Crippen molar-refractivity contribution in [2.75, 3.05) is 5.75 Å². The Morgan fingerprint density at radius 2 is 1.48 bits per heavy atom. The van der Waals surface area contributed by atoms with Gasteiger partial charge in [0.25, 0.3) is 0 Å². The first-order chi connectivity index (χ1) is 10.3. The quantitative estimate of drug-likeness (QED) is 0.807. The molecule has 0 radical (unpaired) electrons. The minimum atomic E-state index is 0.157. The Bertz CT molecular complexity index is 712. The molecular formula is C19H16OS. The third-order valence-corrected chi connectivity index (χ3v) is 4.64. The van der Waals surface area contributed by atoms with Crippen molar-refractivity contribution in [2.24, 2.45) is 0 Å². The largest absolute Gasteiger partial charge is 0.295 e. The molecular weight excluding hydrogens is 276 g/mol. The molecule has 21 heavy (non-hydrogen) atoms. The molecule has 0 aliphatic carbocycles. The van der Waals surface area contributed by atoms with Crippen LogP contribution in [-0.2, 0) is 4.79 Å². The number of carbonyl (C=O) groups is 1. The van der Waals surface area contributed by atoms with Crippen LogP contribution in [0.25, 0.3) is 10.5 Å². The Morgan fingerprint density at radius 1 is 0.905 bits per heavy atom. The molecule has 2 heteroatoms. The third kappa shape index (κ3) is 3.01. The van der Waals surface area contributed by atoms with E-state index in [2.05, 4.69) is 30.3 Å². The lowest BCUT2D eigenvalue weighted by Gasteiger charge is -2.19. The van der Waals surface area contributed by atoms with Crippen molar-refractivity contribution >= 4 is 28.0 Å². The fourth-order valence-electron chi connectivity index (χ4n) is 2.42. The van der Waals surface area contributed by atoms with Crippen LogP contribution in [0.1, 0.15) is 18.1 Å². The maximum atomic E-state index is 11.9. The van der Waals surface area contributed by atoms with Crippen LogP contribution < -0.4 is 0 Å². The minimum Gasteiger partial charge on any atom is -0.295 e. The van der Waals surface area contributed by atoms with Gasteiger partial charge in [0.2, 0.25) is 0 Å². The van der Waals surface area contributed by atoms with Crippen LogP contribution in [0.5, 0.6) is 0 Å². The zero-order valence-electron chi connectivity index (χ0n) is 11.9. The Balaban J connectivity index is 2.10. The average molecular weight is 292 g/mol. The molecule has 0 saturated carbocycles. The number of Topliss-reactive ketones (excluding diaryl/α,β-unsaturated/α-hetero) is 1. The van der Waals surface area contributed by atoms with Crippen molar-refractivity contribution in [1.82, 2.24) is 0 Å². The van der Waals surface area contributed by atoms with Crippen LogP contribution >= 0.6 is 11.8 Å². The van der Waals surface area contributed by atoms with Crippen molar-refractivity contribution in [3.63, 3.8) is 0 Å². The van der Waals surface area contributed by atoms with E-state index in [0.717, 1.165) is 22.5 Å². The standard InChI is InChI=1S/C19H16OS/c1-14(20)18-13-21-19(16-10-6-3-7-11-16)12-17(18)15-8-4-2-5-9-15/h2-12H,13H2,1H3. The number of ketones is 1. The lowest BCUT2D eigenvalue weighted by Crippen LogP contribution is -2.07. The molecule has 1 nitrogen and oxygen atoms in total. The summed E-state index contributed by atoms with van der Waals surface area (Å²) in [5.74, 6) is 0.894. The molecule has 2 aromatic rings. The van der Waals surface area contributed by atoms with E-state index in [1.165, 1.54) is 10.5 Å². The van der Waals surface area contributed by atoms with Gasteiger partial charge in [-0.25, -0.2) is 0 Å². The fraction of sp³-hybridized carbons (Fsp3) is 0.105. The SMILES string of the molecule is CC(=O)C1=C(c2ccccc2)C=C(c2ccccc2)SC1. The number of rotatable bonds is 3. The second kappa shape index (κ2) is 6.15. The van der Waals surface area contributed by atoms with Crippen LogP contribution in [0, 0.1) is 0 Å². The Morgan fingerprint density at radius 3 is 2.05 bits per heavy atom. The van der Waals surface area contributed by atoms with Crippen molar-refractivity contribution in [1.29, 1.82) is 0 Å². The van der Waals surface area contributed by atoms with Crippen LogP contribution in [0.3, 0.4) is 0 Å². The average Bonchev–Trinajstić information content (AvgIpc) is 2.56. The van der Waals surface area contributed by atoms with Gasteiger partial charge in [0.15, 0.2) is 5.78 Å². The molecule has 1 aliphatic heterocycles. The number of benzene rings is 2. The minimum absolute atomic E-state index is 0.157. The molecule has 0 fully saturated rings. The highest BCUT2D eigenvalue weighted by molar-refractivity contribution is 8.08. The molecule has 0 amide bonds. The Kier molecular flexibility index (Phi) is 4.07. The smallest absolute Gasteiger partial charge is 0.157 e.